The van der Waals surface area contributed by atoms with Gasteiger partial charge in [0.05, 0.1) is 0 Å². The Labute approximate surface area is 239 Å². The van der Waals surface area contributed by atoms with Crippen LogP contribution in [-0.2, 0) is 19.0 Å². The Morgan fingerprint density at radius 3 is 1.03 bits per heavy atom. The molecule has 1 saturated heterocycles. The Morgan fingerprint density at radius 2 is 0.769 bits per heavy atom. The van der Waals surface area contributed by atoms with Crippen molar-refractivity contribution in [2.24, 2.45) is 0 Å². The first-order valence-electron chi connectivity index (χ1n) is 13.6. The lowest BCUT2D eigenvalue weighted by Crippen LogP contribution is -2.48. The van der Waals surface area contributed by atoms with Gasteiger partial charge in [-0.2, -0.15) is 0 Å². The van der Waals surface area contributed by atoms with Crippen LogP contribution in [0, 0.1) is 0 Å². The highest BCUT2D eigenvalue weighted by atomic mass is 35.5. The van der Waals surface area contributed by atoms with Crippen molar-refractivity contribution in [1.82, 2.24) is 19.6 Å². The van der Waals surface area contributed by atoms with Gasteiger partial charge in [-0.05, 0) is 75.2 Å². The fraction of sp³-hybridized carbons (Fsp3) is 0.852. The van der Waals surface area contributed by atoms with Crippen LogP contribution in [0.4, 0.5) is 14.4 Å². The molecule has 1 rings (SSSR count). The number of halogens is 1. The smallest absolute Gasteiger partial charge is 0.410 e. The molecule has 0 aromatic heterocycles. The van der Waals surface area contributed by atoms with Crippen LogP contribution in [0.1, 0.15) is 75.2 Å². The van der Waals surface area contributed by atoms with Gasteiger partial charge in [0.1, 0.15) is 22.7 Å². The van der Waals surface area contributed by atoms with Crippen molar-refractivity contribution < 1.29 is 33.4 Å². The minimum atomic E-state index is -0.692. The highest BCUT2D eigenvalue weighted by Gasteiger charge is 2.28. The van der Waals surface area contributed by atoms with Crippen molar-refractivity contribution in [2.45, 2.75) is 92.0 Å². The van der Waals surface area contributed by atoms with E-state index in [0.717, 1.165) is 0 Å². The molecule has 0 unspecified atom stereocenters. The minimum Gasteiger partial charge on any atom is -0.444 e. The average Bonchev–Trinajstić information content (AvgIpc) is 2.75. The maximum Gasteiger partial charge on any atom is 0.410 e. The van der Waals surface area contributed by atoms with Crippen molar-refractivity contribution in [3.63, 3.8) is 0 Å². The van der Waals surface area contributed by atoms with E-state index in [1.165, 1.54) is 0 Å². The van der Waals surface area contributed by atoms with Gasteiger partial charge in [-0.1, -0.05) is 0 Å². The van der Waals surface area contributed by atoms with Crippen LogP contribution in [-0.4, -0.2) is 119 Å². The second kappa shape index (κ2) is 14.8. The summed E-state index contributed by atoms with van der Waals surface area (Å²) in [7, 11) is 0. The largest absolute Gasteiger partial charge is 0.444 e. The first-order chi connectivity index (χ1) is 17.8. The lowest BCUT2D eigenvalue weighted by molar-refractivity contribution is -0.128. The van der Waals surface area contributed by atoms with E-state index in [9.17, 15) is 19.2 Å². The van der Waals surface area contributed by atoms with Crippen LogP contribution in [0.15, 0.2) is 0 Å². The Bertz CT molecular complexity index is 833. The van der Waals surface area contributed by atoms with Crippen LogP contribution in [0.5, 0.6) is 0 Å². The summed E-state index contributed by atoms with van der Waals surface area (Å²) < 4.78 is 16.8. The minimum absolute atomic E-state index is 0.187. The summed E-state index contributed by atoms with van der Waals surface area (Å²) in [6.45, 7) is 18.3. The monoisotopic (exact) mass is 576 g/mol. The van der Waals surface area contributed by atoms with Gasteiger partial charge in [0, 0.05) is 52.4 Å². The molecule has 1 fully saturated rings. The fourth-order valence-corrected chi connectivity index (χ4v) is 3.87. The summed E-state index contributed by atoms with van der Waals surface area (Å²) in [6, 6.07) is 0. The van der Waals surface area contributed by atoms with E-state index in [4.69, 9.17) is 25.8 Å². The second-order valence-electron chi connectivity index (χ2n) is 12.6. The second-order valence-corrected chi connectivity index (χ2v) is 12.9. The van der Waals surface area contributed by atoms with Crippen molar-refractivity contribution in [2.75, 3.05) is 58.2 Å². The Morgan fingerprint density at radius 1 is 0.513 bits per heavy atom. The molecule has 39 heavy (non-hydrogen) atoms. The molecule has 0 N–H and O–H groups in total. The number of rotatable bonds is 1. The number of alkyl halides is 1. The number of carbonyl (C=O) groups excluding carboxylic acids is 4. The van der Waals surface area contributed by atoms with Gasteiger partial charge in [-0.25, -0.2) is 14.4 Å². The zero-order valence-corrected chi connectivity index (χ0v) is 26.1. The van der Waals surface area contributed by atoms with E-state index in [1.807, 2.05) is 0 Å². The molecule has 1 aliphatic heterocycles. The predicted octanol–water partition coefficient (Wildman–Crippen LogP) is 4.56. The molecule has 226 valence electrons. The molecule has 12 heteroatoms. The van der Waals surface area contributed by atoms with Gasteiger partial charge in [0.2, 0.25) is 5.91 Å². The normalized spacial score (nSPS) is 17.3. The van der Waals surface area contributed by atoms with Crippen LogP contribution >= 0.6 is 11.6 Å². The Balaban J connectivity index is 3.23. The molecule has 1 heterocycles. The van der Waals surface area contributed by atoms with Crippen LogP contribution in [0.2, 0.25) is 0 Å². The quantitative estimate of drug-likeness (QED) is 0.332. The van der Waals surface area contributed by atoms with Crippen molar-refractivity contribution in [3.05, 3.63) is 0 Å². The molecule has 0 aromatic carbocycles. The van der Waals surface area contributed by atoms with Crippen LogP contribution in [0.3, 0.4) is 0 Å². The maximum atomic E-state index is 13.0. The van der Waals surface area contributed by atoms with Gasteiger partial charge < -0.3 is 33.8 Å². The predicted molar refractivity (Wildman–Crippen MR) is 150 cm³/mol. The Kier molecular flexibility index (Phi) is 13.1. The standard InChI is InChI=1S/C27H49ClN4O7/c1-25(2,3)37-22(34)30-14-11-15-32(24(36)39-27(7,8)9)19-18-31(23(35)38-26(4,5)6)13-10-12-29(16-17-30)21(33)20-28/h10-20H2,1-9H3. The molecule has 0 bridgehead atoms. The van der Waals surface area contributed by atoms with E-state index in [-0.39, 0.29) is 38.0 Å². The summed E-state index contributed by atoms with van der Waals surface area (Å²) in [5.74, 6) is -0.444. The molecule has 0 saturated carbocycles. The zero-order valence-electron chi connectivity index (χ0n) is 25.3. The third-order valence-electron chi connectivity index (χ3n) is 5.41. The highest BCUT2D eigenvalue weighted by Crippen LogP contribution is 2.15. The number of nitrogens with zero attached hydrogens (tertiary/aromatic N) is 4. The molecule has 0 atom stereocenters. The van der Waals surface area contributed by atoms with E-state index in [2.05, 4.69) is 0 Å². The lowest BCUT2D eigenvalue weighted by Gasteiger charge is -2.34. The topological polar surface area (TPSA) is 109 Å². The number of hydrogen-bond donors (Lipinski definition) is 0. The number of ether oxygens (including phenoxy) is 3. The summed E-state index contributed by atoms with van der Waals surface area (Å²) in [5, 5.41) is 0. The molecule has 4 amide bonds. The first kappa shape index (κ1) is 34.6. The van der Waals surface area contributed by atoms with Crippen LogP contribution < -0.4 is 0 Å². The fourth-order valence-electron chi connectivity index (χ4n) is 3.70. The Hall–Kier alpha value is -2.43. The maximum absolute atomic E-state index is 13.0. The lowest BCUT2D eigenvalue weighted by atomic mass is 10.2. The number of amides is 4. The van der Waals surface area contributed by atoms with Gasteiger partial charge >= 0.3 is 18.3 Å². The summed E-state index contributed by atoms with van der Waals surface area (Å²) >= 11 is 5.86. The summed E-state index contributed by atoms with van der Waals surface area (Å²) in [4.78, 5) is 57.7. The highest BCUT2D eigenvalue weighted by molar-refractivity contribution is 6.27. The molecule has 11 nitrogen and oxygen atoms in total. The number of hydrogen-bond acceptors (Lipinski definition) is 7. The van der Waals surface area contributed by atoms with Crippen LogP contribution in [0.25, 0.3) is 0 Å². The van der Waals surface area contributed by atoms with Crippen molar-refractivity contribution in [1.29, 1.82) is 0 Å². The molecule has 0 aliphatic carbocycles. The van der Waals surface area contributed by atoms with E-state index >= 15 is 0 Å². The van der Waals surface area contributed by atoms with Crippen molar-refractivity contribution >= 4 is 35.8 Å². The average molecular weight is 577 g/mol. The molecule has 0 aromatic rings. The summed E-state index contributed by atoms with van der Waals surface area (Å²) in [5.41, 5.74) is -2.07. The third kappa shape index (κ3) is 14.5. The summed E-state index contributed by atoms with van der Waals surface area (Å²) in [6.07, 6.45) is -0.589. The molecule has 1 aliphatic rings. The third-order valence-corrected chi connectivity index (χ3v) is 5.64. The van der Waals surface area contributed by atoms with Gasteiger partial charge in [0.25, 0.3) is 0 Å². The number of carbonyl (C=O) groups is 4. The van der Waals surface area contributed by atoms with E-state index in [1.54, 1.807) is 81.9 Å². The molecule has 0 spiro atoms. The van der Waals surface area contributed by atoms with Crippen molar-refractivity contribution in [3.8, 4) is 0 Å². The van der Waals surface area contributed by atoms with Gasteiger partial charge in [0.15, 0.2) is 0 Å². The first-order valence-corrected chi connectivity index (χ1v) is 14.1. The zero-order chi connectivity index (χ0) is 30.0. The molecular formula is C27H49ClN4O7. The molecule has 0 radical (unpaired) electrons. The van der Waals surface area contributed by atoms with Gasteiger partial charge in [-0.3, -0.25) is 4.79 Å². The van der Waals surface area contributed by atoms with Gasteiger partial charge in [-0.15, -0.1) is 11.6 Å². The van der Waals surface area contributed by atoms with E-state index < -0.39 is 35.1 Å². The molecular weight excluding hydrogens is 528 g/mol. The SMILES string of the molecule is CC(C)(C)OC(=O)N1CCCN(C(=O)OC(C)(C)C)CCN(C(=O)OC(C)(C)C)CCCN(C(=O)CCl)CC1. The van der Waals surface area contributed by atoms with E-state index in [0.29, 0.717) is 39.0 Å².